The van der Waals surface area contributed by atoms with Crippen LogP contribution in [-0.2, 0) is 6.04 Å². The van der Waals surface area contributed by atoms with Gasteiger partial charge in [-0.25, -0.2) is 8.78 Å². The first kappa shape index (κ1) is 7.40. The van der Waals surface area contributed by atoms with E-state index in [2.05, 4.69) is 0 Å². The zero-order valence-corrected chi connectivity index (χ0v) is 7.70. The van der Waals surface area contributed by atoms with Crippen LogP contribution in [0.25, 0.3) is 0 Å². The second kappa shape index (κ2) is 2.92. The Balaban J connectivity index is 3.14. The molecule has 0 N–H and O–H groups in total. The molecule has 0 saturated carbocycles. The summed E-state index contributed by atoms with van der Waals surface area (Å²) in [5.74, 6) is -1.43. The Morgan fingerprint density at radius 3 is 2.50 bits per heavy atom. The van der Waals surface area contributed by atoms with Crippen molar-refractivity contribution in [1.82, 2.24) is 0 Å². The molecule has 0 aliphatic heterocycles. The van der Waals surface area contributed by atoms with Crippen molar-refractivity contribution in [2.75, 3.05) is 0 Å². The molecule has 1 aromatic carbocycles. The van der Waals surface area contributed by atoms with Gasteiger partial charge in [-0.05, 0) is 17.7 Å². The van der Waals surface area contributed by atoms with Crippen LogP contribution >= 0.6 is 0 Å². The SMILES string of the molecule is Fc1cccc(C[SiH3])c1F. The first-order chi connectivity index (χ1) is 4.75. The van der Waals surface area contributed by atoms with Crippen LogP contribution in [0.5, 0.6) is 0 Å². The van der Waals surface area contributed by atoms with E-state index in [1.165, 1.54) is 6.07 Å². The largest absolute Gasteiger partial charge is 0.204 e. The molecule has 0 aliphatic rings. The van der Waals surface area contributed by atoms with Gasteiger partial charge in [0.05, 0.1) is 0 Å². The minimum Gasteiger partial charge on any atom is -0.204 e. The van der Waals surface area contributed by atoms with E-state index in [1.807, 2.05) is 0 Å². The molecule has 10 heavy (non-hydrogen) atoms. The Morgan fingerprint density at radius 1 is 1.30 bits per heavy atom. The third-order valence-corrected chi connectivity index (χ3v) is 2.17. The lowest BCUT2D eigenvalue weighted by atomic mass is 10.2. The van der Waals surface area contributed by atoms with Gasteiger partial charge >= 0.3 is 0 Å². The summed E-state index contributed by atoms with van der Waals surface area (Å²) in [6.45, 7) is 0. The molecule has 54 valence electrons. The van der Waals surface area contributed by atoms with Crippen LogP contribution in [0.3, 0.4) is 0 Å². The van der Waals surface area contributed by atoms with Gasteiger partial charge in [-0.3, -0.25) is 0 Å². The zero-order valence-electron chi connectivity index (χ0n) is 5.70. The smallest absolute Gasteiger partial charge is 0.161 e. The lowest BCUT2D eigenvalue weighted by Gasteiger charge is -1.97. The Bertz CT molecular complexity index is 235. The van der Waals surface area contributed by atoms with Crippen molar-refractivity contribution in [3.05, 3.63) is 35.4 Å². The summed E-state index contributed by atoms with van der Waals surface area (Å²) in [5, 5.41) is 0. The molecule has 0 bridgehead atoms. The Labute approximate surface area is 61.3 Å². The van der Waals surface area contributed by atoms with E-state index in [0.717, 1.165) is 16.3 Å². The number of hydrogen-bond donors (Lipinski definition) is 0. The van der Waals surface area contributed by atoms with E-state index in [-0.39, 0.29) is 0 Å². The third kappa shape index (κ3) is 1.24. The van der Waals surface area contributed by atoms with Gasteiger partial charge in [0, 0.05) is 10.2 Å². The van der Waals surface area contributed by atoms with Crippen LogP contribution in [0.15, 0.2) is 18.2 Å². The van der Waals surface area contributed by atoms with Gasteiger partial charge in [0.25, 0.3) is 0 Å². The predicted molar refractivity (Wildman–Crippen MR) is 40.0 cm³/mol. The van der Waals surface area contributed by atoms with Gasteiger partial charge in [0.2, 0.25) is 0 Å². The molecule has 0 heterocycles. The molecule has 0 aliphatic carbocycles. The summed E-state index contributed by atoms with van der Waals surface area (Å²) >= 11 is 0. The summed E-state index contributed by atoms with van der Waals surface area (Å²) in [7, 11) is 0.866. The van der Waals surface area contributed by atoms with Gasteiger partial charge in [-0.2, -0.15) is 0 Å². The average Bonchev–Trinajstić information content (AvgIpc) is 1.95. The van der Waals surface area contributed by atoms with Crippen molar-refractivity contribution < 1.29 is 8.78 Å². The maximum absolute atomic E-state index is 12.6. The van der Waals surface area contributed by atoms with Crippen LogP contribution < -0.4 is 0 Å². The van der Waals surface area contributed by atoms with Crippen LogP contribution in [0.2, 0.25) is 0 Å². The summed E-state index contributed by atoms with van der Waals surface area (Å²) in [4.78, 5) is 0. The summed E-state index contributed by atoms with van der Waals surface area (Å²) in [6.07, 6.45) is 0. The normalized spacial score (nSPS) is 10.2. The van der Waals surface area contributed by atoms with Gasteiger partial charge in [0.1, 0.15) is 0 Å². The fourth-order valence-corrected chi connectivity index (χ4v) is 1.37. The van der Waals surface area contributed by atoms with E-state index in [0.29, 0.717) is 11.6 Å². The van der Waals surface area contributed by atoms with Crippen LogP contribution in [-0.4, -0.2) is 10.2 Å². The standard InChI is InChI=1S/C7H8F2Si/c8-6-3-1-2-5(4-10)7(6)9/h1-3H,4H2,10H3. The van der Waals surface area contributed by atoms with E-state index < -0.39 is 11.6 Å². The highest BCUT2D eigenvalue weighted by atomic mass is 28.1. The Kier molecular flexibility index (Phi) is 2.16. The van der Waals surface area contributed by atoms with Gasteiger partial charge in [0.15, 0.2) is 11.6 Å². The lowest BCUT2D eigenvalue weighted by Crippen LogP contribution is -1.92. The number of hydrogen-bond acceptors (Lipinski definition) is 0. The molecule has 0 nitrogen and oxygen atoms in total. The molecule has 0 unspecified atom stereocenters. The first-order valence-corrected chi connectivity index (χ1v) is 4.60. The topological polar surface area (TPSA) is 0 Å². The molecule has 0 saturated heterocycles. The van der Waals surface area contributed by atoms with Crippen LogP contribution in [0.1, 0.15) is 5.56 Å². The zero-order chi connectivity index (χ0) is 7.56. The average molecular weight is 158 g/mol. The molecule has 0 spiro atoms. The van der Waals surface area contributed by atoms with Crippen molar-refractivity contribution in [2.24, 2.45) is 0 Å². The number of benzene rings is 1. The fraction of sp³-hybridized carbons (Fsp3) is 0.143. The lowest BCUT2D eigenvalue weighted by molar-refractivity contribution is 0.502. The van der Waals surface area contributed by atoms with E-state index >= 15 is 0 Å². The maximum Gasteiger partial charge on any atom is 0.161 e. The Morgan fingerprint density at radius 2 is 2.00 bits per heavy atom. The van der Waals surface area contributed by atoms with Gasteiger partial charge < -0.3 is 0 Å². The summed E-state index contributed by atoms with van der Waals surface area (Å²) in [6, 6.07) is 4.96. The highest BCUT2D eigenvalue weighted by Crippen LogP contribution is 2.10. The molecule has 0 atom stereocenters. The molecule has 0 radical (unpaired) electrons. The third-order valence-electron chi connectivity index (χ3n) is 1.41. The van der Waals surface area contributed by atoms with Crippen LogP contribution in [0.4, 0.5) is 8.78 Å². The first-order valence-electron chi connectivity index (χ1n) is 3.18. The predicted octanol–water partition coefficient (Wildman–Crippen LogP) is 0.830. The molecule has 0 fully saturated rings. The van der Waals surface area contributed by atoms with Crippen molar-refractivity contribution in [2.45, 2.75) is 6.04 Å². The monoisotopic (exact) mass is 158 g/mol. The molecular weight excluding hydrogens is 150 g/mol. The quantitative estimate of drug-likeness (QED) is 0.531. The van der Waals surface area contributed by atoms with Crippen molar-refractivity contribution in [3.8, 4) is 0 Å². The second-order valence-corrected chi connectivity index (χ2v) is 2.77. The number of rotatable bonds is 1. The van der Waals surface area contributed by atoms with Crippen LogP contribution in [0, 0.1) is 11.6 Å². The molecule has 1 aromatic rings. The minimum absolute atomic E-state index is 0.492. The van der Waals surface area contributed by atoms with Crippen molar-refractivity contribution >= 4 is 10.2 Å². The molecule has 0 amide bonds. The van der Waals surface area contributed by atoms with Crippen molar-refractivity contribution in [1.29, 1.82) is 0 Å². The number of halogens is 2. The van der Waals surface area contributed by atoms with E-state index in [4.69, 9.17) is 0 Å². The Hall–Kier alpha value is -0.703. The summed E-state index contributed by atoms with van der Waals surface area (Å²) in [5.41, 5.74) is 0.492. The van der Waals surface area contributed by atoms with Gasteiger partial charge in [-0.15, -0.1) is 0 Å². The molecule has 0 aromatic heterocycles. The molecule has 3 heteroatoms. The molecule has 1 rings (SSSR count). The van der Waals surface area contributed by atoms with Gasteiger partial charge in [-0.1, -0.05) is 12.1 Å². The minimum atomic E-state index is -0.742. The van der Waals surface area contributed by atoms with E-state index in [9.17, 15) is 8.78 Å². The highest BCUT2D eigenvalue weighted by molar-refractivity contribution is 6.08. The second-order valence-electron chi connectivity index (χ2n) is 2.07. The summed E-state index contributed by atoms with van der Waals surface area (Å²) < 4.78 is 25.1. The highest BCUT2D eigenvalue weighted by Gasteiger charge is 2.03. The fourth-order valence-electron chi connectivity index (χ4n) is 0.822. The molecular formula is C7H8F2Si. The maximum atomic E-state index is 12.6. The van der Waals surface area contributed by atoms with E-state index in [1.54, 1.807) is 6.07 Å². The van der Waals surface area contributed by atoms with Crippen molar-refractivity contribution in [3.63, 3.8) is 0 Å².